The maximum Gasteiger partial charge on any atom is 0.224 e. The molecule has 13 heavy (non-hydrogen) atoms. The van der Waals surface area contributed by atoms with Crippen LogP contribution in [0.15, 0.2) is 0 Å². The van der Waals surface area contributed by atoms with Gasteiger partial charge in [0.15, 0.2) is 0 Å². The lowest BCUT2D eigenvalue weighted by Crippen LogP contribution is -2.37. The molecular weight excluding hydrogens is 190 g/mol. The molecule has 1 unspecified atom stereocenters. The molecule has 1 aliphatic rings. The van der Waals surface area contributed by atoms with E-state index in [0.29, 0.717) is 19.5 Å². The minimum absolute atomic E-state index is 0.0537. The second kappa shape index (κ2) is 3.84. The van der Waals surface area contributed by atoms with Gasteiger partial charge in [-0.25, -0.2) is 0 Å². The van der Waals surface area contributed by atoms with Crippen molar-refractivity contribution >= 4 is 17.5 Å². The zero-order valence-electron chi connectivity index (χ0n) is 8.09. The number of carbonyl (C=O) groups excluding carboxylic acids is 1. The van der Waals surface area contributed by atoms with Crippen molar-refractivity contribution in [1.29, 1.82) is 0 Å². The quantitative estimate of drug-likeness (QED) is 0.694. The van der Waals surface area contributed by atoms with Crippen LogP contribution in [-0.4, -0.2) is 41.0 Å². The Morgan fingerprint density at radius 3 is 2.69 bits per heavy atom. The van der Waals surface area contributed by atoms with Crippen LogP contribution in [0, 0.1) is 5.41 Å². The van der Waals surface area contributed by atoms with E-state index in [1.165, 1.54) is 0 Å². The maximum atomic E-state index is 11.3. The molecule has 4 heteroatoms. The minimum Gasteiger partial charge on any atom is -0.396 e. The van der Waals surface area contributed by atoms with Crippen LogP contribution in [0.25, 0.3) is 0 Å². The van der Waals surface area contributed by atoms with Gasteiger partial charge in [-0.1, -0.05) is 13.8 Å². The van der Waals surface area contributed by atoms with Crippen molar-refractivity contribution in [3.8, 4) is 0 Å². The number of likely N-dealkylation sites (tertiary alicyclic amines) is 1. The second-order valence-electron chi connectivity index (χ2n) is 4.40. The number of hydrogen-bond donors (Lipinski definition) is 1. The second-order valence-corrected chi connectivity index (χ2v) is 5.02. The lowest BCUT2D eigenvalue weighted by atomic mass is 9.94. The van der Waals surface area contributed by atoms with Crippen molar-refractivity contribution < 1.29 is 9.90 Å². The Bertz CT molecular complexity index is 206. The predicted octanol–water partition coefficient (Wildman–Crippen LogP) is 0.845. The van der Waals surface area contributed by atoms with E-state index in [1.54, 1.807) is 4.90 Å². The Labute approximate surface area is 83.7 Å². The molecule has 0 spiro atoms. The summed E-state index contributed by atoms with van der Waals surface area (Å²) in [4.78, 5) is 13.1. The van der Waals surface area contributed by atoms with Crippen LogP contribution >= 0.6 is 11.6 Å². The van der Waals surface area contributed by atoms with Crippen LogP contribution in [0.3, 0.4) is 0 Å². The molecule has 0 aliphatic carbocycles. The molecule has 0 aromatic rings. The van der Waals surface area contributed by atoms with Gasteiger partial charge in [-0.05, 0) is 0 Å². The molecular formula is C9H16ClNO2. The zero-order chi connectivity index (χ0) is 10.1. The molecule has 0 bridgehead atoms. The number of carbonyl (C=O) groups is 1. The first-order chi connectivity index (χ1) is 5.94. The van der Waals surface area contributed by atoms with Gasteiger partial charge < -0.3 is 10.0 Å². The van der Waals surface area contributed by atoms with Crippen LogP contribution in [-0.2, 0) is 4.79 Å². The largest absolute Gasteiger partial charge is 0.396 e. The highest BCUT2D eigenvalue weighted by molar-refractivity contribution is 6.22. The van der Waals surface area contributed by atoms with Gasteiger partial charge in [-0.3, -0.25) is 4.79 Å². The highest BCUT2D eigenvalue weighted by Gasteiger charge is 2.31. The molecule has 0 radical (unpaired) electrons. The Balaban J connectivity index is 2.50. The average Bonchev–Trinajstić information content (AvgIpc) is 2.30. The summed E-state index contributed by atoms with van der Waals surface area (Å²) in [6, 6.07) is 0. The Morgan fingerprint density at radius 2 is 2.31 bits per heavy atom. The first-order valence-electron chi connectivity index (χ1n) is 4.47. The highest BCUT2D eigenvalue weighted by atomic mass is 35.5. The van der Waals surface area contributed by atoms with Crippen molar-refractivity contribution in [2.75, 3.05) is 19.7 Å². The third kappa shape index (κ3) is 2.85. The van der Waals surface area contributed by atoms with Gasteiger partial charge >= 0.3 is 0 Å². The van der Waals surface area contributed by atoms with Crippen molar-refractivity contribution in [3.63, 3.8) is 0 Å². The molecule has 76 valence electrons. The van der Waals surface area contributed by atoms with E-state index in [1.807, 2.05) is 13.8 Å². The van der Waals surface area contributed by atoms with E-state index >= 15 is 0 Å². The maximum absolute atomic E-state index is 11.3. The molecule has 3 nitrogen and oxygen atoms in total. The van der Waals surface area contributed by atoms with Crippen LogP contribution in [0.2, 0.25) is 0 Å². The van der Waals surface area contributed by atoms with E-state index in [9.17, 15) is 4.79 Å². The molecule has 1 fully saturated rings. The van der Waals surface area contributed by atoms with Crippen LogP contribution in [0.5, 0.6) is 0 Å². The number of amides is 1. The standard InChI is InChI=1S/C9H16ClNO2/c1-9(2,6-12)5-11-4-7(10)3-8(11)13/h7,12H,3-6H2,1-2H3. The number of nitrogens with zero attached hydrogens (tertiary/aromatic N) is 1. The summed E-state index contributed by atoms with van der Waals surface area (Å²) < 4.78 is 0. The zero-order valence-corrected chi connectivity index (χ0v) is 8.84. The smallest absolute Gasteiger partial charge is 0.224 e. The Hall–Kier alpha value is -0.280. The third-order valence-corrected chi connectivity index (χ3v) is 2.51. The fraction of sp³-hybridized carbons (Fsp3) is 0.889. The summed E-state index contributed by atoms with van der Waals surface area (Å²) in [6.07, 6.45) is 0.434. The minimum atomic E-state index is -0.226. The number of aliphatic hydroxyl groups excluding tert-OH is 1. The van der Waals surface area contributed by atoms with Crippen LogP contribution in [0.4, 0.5) is 0 Å². The molecule has 1 aliphatic heterocycles. The summed E-state index contributed by atoms with van der Waals surface area (Å²) in [5.74, 6) is 0.0986. The first kappa shape index (κ1) is 10.8. The monoisotopic (exact) mass is 205 g/mol. The highest BCUT2D eigenvalue weighted by Crippen LogP contribution is 2.22. The fourth-order valence-electron chi connectivity index (χ4n) is 1.44. The molecule has 1 rings (SSSR count). The number of rotatable bonds is 3. The summed E-state index contributed by atoms with van der Waals surface area (Å²) >= 11 is 5.85. The van der Waals surface area contributed by atoms with E-state index in [2.05, 4.69) is 0 Å². The lowest BCUT2D eigenvalue weighted by molar-refractivity contribution is -0.129. The Morgan fingerprint density at radius 1 is 1.69 bits per heavy atom. The fourth-order valence-corrected chi connectivity index (χ4v) is 1.74. The number of alkyl halides is 1. The van der Waals surface area contributed by atoms with Crippen molar-refractivity contribution in [2.45, 2.75) is 25.6 Å². The van der Waals surface area contributed by atoms with E-state index in [-0.39, 0.29) is 23.3 Å². The molecule has 1 amide bonds. The van der Waals surface area contributed by atoms with Gasteiger partial charge in [0.2, 0.25) is 5.91 Å². The van der Waals surface area contributed by atoms with Crippen molar-refractivity contribution in [1.82, 2.24) is 4.90 Å². The number of hydrogen-bond acceptors (Lipinski definition) is 2. The van der Waals surface area contributed by atoms with E-state index < -0.39 is 0 Å². The first-order valence-corrected chi connectivity index (χ1v) is 4.91. The Kier molecular flexibility index (Phi) is 3.19. The van der Waals surface area contributed by atoms with Crippen molar-refractivity contribution in [3.05, 3.63) is 0 Å². The molecule has 1 heterocycles. The number of halogens is 1. The van der Waals surface area contributed by atoms with Gasteiger partial charge in [-0.2, -0.15) is 0 Å². The van der Waals surface area contributed by atoms with Crippen LogP contribution in [0.1, 0.15) is 20.3 Å². The molecule has 0 aromatic carbocycles. The van der Waals surface area contributed by atoms with Crippen molar-refractivity contribution in [2.24, 2.45) is 5.41 Å². The topological polar surface area (TPSA) is 40.5 Å². The summed E-state index contributed by atoms with van der Waals surface area (Å²) in [5.41, 5.74) is -0.226. The molecule has 1 N–H and O–H groups in total. The van der Waals surface area contributed by atoms with E-state index in [4.69, 9.17) is 16.7 Å². The van der Waals surface area contributed by atoms with E-state index in [0.717, 1.165) is 0 Å². The molecule has 0 saturated carbocycles. The van der Waals surface area contributed by atoms with Gasteiger partial charge in [0.25, 0.3) is 0 Å². The lowest BCUT2D eigenvalue weighted by Gasteiger charge is -2.28. The summed E-state index contributed by atoms with van der Waals surface area (Å²) in [6.45, 7) is 5.16. The molecule has 1 saturated heterocycles. The summed E-state index contributed by atoms with van der Waals surface area (Å²) in [7, 11) is 0. The van der Waals surface area contributed by atoms with Gasteiger partial charge in [0, 0.05) is 31.5 Å². The molecule has 0 aromatic heterocycles. The van der Waals surface area contributed by atoms with Gasteiger partial charge in [0.1, 0.15) is 0 Å². The normalized spacial score (nSPS) is 24.2. The third-order valence-electron chi connectivity index (χ3n) is 2.21. The predicted molar refractivity (Wildman–Crippen MR) is 51.7 cm³/mol. The molecule has 1 atom stereocenters. The van der Waals surface area contributed by atoms with Gasteiger partial charge in [-0.15, -0.1) is 11.6 Å². The average molecular weight is 206 g/mol. The van der Waals surface area contributed by atoms with Crippen LogP contribution < -0.4 is 0 Å². The summed E-state index contributed by atoms with van der Waals surface area (Å²) in [5, 5.41) is 8.98. The van der Waals surface area contributed by atoms with Gasteiger partial charge in [0.05, 0.1) is 5.38 Å². The SMILES string of the molecule is CC(C)(CO)CN1CC(Cl)CC1=O. The number of aliphatic hydroxyl groups is 1.